The van der Waals surface area contributed by atoms with E-state index >= 15 is 4.79 Å². The number of hydrogen-bond donors (Lipinski definition) is 1. The number of carbonyl (C=O) groups excluding carboxylic acids is 1. The van der Waals surface area contributed by atoms with E-state index in [2.05, 4.69) is 24.3 Å². The lowest BCUT2D eigenvalue weighted by Gasteiger charge is -2.41. The van der Waals surface area contributed by atoms with Gasteiger partial charge in [0.1, 0.15) is 0 Å². The summed E-state index contributed by atoms with van der Waals surface area (Å²) in [5.41, 5.74) is 1.10. The van der Waals surface area contributed by atoms with Gasteiger partial charge < -0.3 is 5.11 Å². The van der Waals surface area contributed by atoms with Crippen LogP contribution < -0.4 is 0 Å². The summed E-state index contributed by atoms with van der Waals surface area (Å²) in [5, 5.41) is 14.9. The number of hydrogen-bond acceptors (Lipinski definition) is 2. The highest BCUT2D eigenvalue weighted by atomic mass is 16.4. The Hall–Kier alpha value is -4.24. The number of fused-ring (bicyclic) bond motifs is 10. The van der Waals surface area contributed by atoms with Crippen molar-refractivity contribution in [1.82, 2.24) is 0 Å². The first kappa shape index (κ1) is 21.1. The van der Waals surface area contributed by atoms with Crippen molar-refractivity contribution in [2.45, 2.75) is 17.8 Å². The highest BCUT2D eigenvalue weighted by Gasteiger charge is 2.76. The smallest absolute Gasteiger partial charge is 0.308 e. The van der Waals surface area contributed by atoms with Gasteiger partial charge in [-0.05, 0) is 49.7 Å². The number of carboxylic acids is 1. The molecule has 5 aromatic carbocycles. The zero-order valence-corrected chi connectivity index (χ0v) is 19.8. The molecular weight excluding hydrogens is 444 g/mol. The fraction of sp³-hybridized carbons (Fsp3) is 0.152. The predicted octanol–water partition coefficient (Wildman–Crippen LogP) is 6.50. The molecule has 7 rings (SSSR count). The predicted molar refractivity (Wildman–Crippen MR) is 141 cm³/mol. The third kappa shape index (κ3) is 2.20. The van der Waals surface area contributed by atoms with Crippen LogP contribution in [0.4, 0.5) is 0 Å². The average Bonchev–Trinajstić information content (AvgIpc) is 3.29. The van der Waals surface area contributed by atoms with Crippen LogP contribution in [0.2, 0.25) is 0 Å². The van der Waals surface area contributed by atoms with Gasteiger partial charge in [0.05, 0.1) is 16.7 Å². The van der Waals surface area contributed by atoms with E-state index in [-0.39, 0.29) is 5.78 Å². The maximum Gasteiger partial charge on any atom is 0.308 e. The van der Waals surface area contributed by atoms with E-state index in [0.717, 1.165) is 43.8 Å². The minimum atomic E-state index is -1.29. The number of aliphatic carboxylic acids is 1. The van der Waals surface area contributed by atoms with Gasteiger partial charge in [-0.15, -0.1) is 0 Å². The van der Waals surface area contributed by atoms with Crippen LogP contribution in [0.15, 0.2) is 109 Å². The summed E-state index contributed by atoms with van der Waals surface area (Å²) in [7, 11) is 0. The molecule has 3 heteroatoms. The second-order valence-electron chi connectivity index (χ2n) is 10.1. The molecule has 0 radical (unpaired) electrons. The first-order chi connectivity index (χ1) is 17.6. The summed E-state index contributed by atoms with van der Waals surface area (Å²) in [4.78, 5) is 28.4. The molecule has 3 nitrogen and oxygen atoms in total. The molecule has 174 valence electrons. The van der Waals surface area contributed by atoms with E-state index in [4.69, 9.17) is 0 Å². The fourth-order valence-corrected chi connectivity index (χ4v) is 7.65. The molecule has 2 aliphatic rings. The Balaban J connectivity index is 1.81. The molecule has 4 atom stereocenters. The van der Waals surface area contributed by atoms with E-state index in [9.17, 15) is 9.90 Å². The van der Waals surface area contributed by atoms with Gasteiger partial charge in [0, 0.05) is 0 Å². The second kappa shape index (κ2) is 7.14. The van der Waals surface area contributed by atoms with E-state index in [1.807, 2.05) is 91.9 Å². The lowest BCUT2D eigenvalue weighted by atomic mass is 9.59. The van der Waals surface area contributed by atoms with Crippen LogP contribution >= 0.6 is 0 Å². The lowest BCUT2D eigenvalue weighted by Crippen LogP contribution is -2.44. The lowest BCUT2D eigenvalue weighted by molar-refractivity contribution is -0.145. The Labute approximate surface area is 209 Å². The maximum absolute atomic E-state index is 15.2. The summed E-state index contributed by atoms with van der Waals surface area (Å²) < 4.78 is 0. The van der Waals surface area contributed by atoms with Crippen molar-refractivity contribution in [3.63, 3.8) is 0 Å². The van der Waals surface area contributed by atoms with Crippen molar-refractivity contribution in [1.29, 1.82) is 0 Å². The zero-order valence-electron chi connectivity index (χ0n) is 19.8. The number of Topliss-reactive ketones (excluding diaryl/α,β-unsaturated/α-hetero) is 1. The van der Waals surface area contributed by atoms with Gasteiger partial charge in [-0.25, -0.2) is 0 Å². The Bertz CT molecular complexity index is 1710. The van der Waals surface area contributed by atoms with Crippen LogP contribution in [-0.2, 0) is 20.4 Å². The second-order valence-corrected chi connectivity index (χ2v) is 10.1. The average molecular weight is 469 g/mol. The third-order valence-electron chi connectivity index (χ3n) is 8.81. The molecule has 0 saturated heterocycles. The molecule has 0 heterocycles. The normalized spacial score (nSPS) is 26.4. The standard InChI is InChI=1S/C33H24O3/c1-20-27(30(34)35)33(22-14-6-3-7-15-22)29-26-19-11-9-17-24(26)23-16-8-10-18-25(23)28(29)32(20,31(33)36)21-12-4-2-5-13-21/h2-20,27H,1H3,(H,34,35)/t20-,27+,32+,33+/m0/s1. The molecule has 0 amide bonds. The molecule has 2 aliphatic carbocycles. The van der Waals surface area contributed by atoms with Gasteiger partial charge in [0.25, 0.3) is 0 Å². The molecule has 1 fully saturated rings. The SMILES string of the molecule is C[C@H]1[C@H](C(=O)O)[C@@]2(c3ccccc3)C(=O)[C@]1(c1ccccc1)c1c2c2ccccc2c2ccccc12. The maximum atomic E-state index is 15.2. The Morgan fingerprint density at radius 1 is 0.611 bits per heavy atom. The Kier molecular flexibility index (Phi) is 4.18. The van der Waals surface area contributed by atoms with E-state index in [1.54, 1.807) is 0 Å². The van der Waals surface area contributed by atoms with Crippen molar-refractivity contribution in [3.8, 4) is 0 Å². The van der Waals surface area contributed by atoms with Crippen molar-refractivity contribution in [2.75, 3.05) is 0 Å². The highest BCUT2D eigenvalue weighted by molar-refractivity contribution is 6.24. The third-order valence-corrected chi connectivity index (χ3v) is 8.81. The number of carbonyl (C=O) groups is 2. The van der Waals surface area contributed by atoms with Crippen LogP contribution in [0.25, 0.3) is 21.5 Å². The fourth-order valence-electron chi connectivity index (χ4n) is 7.65. The van der Waals surface area contributed by atoms with Crippen LogP contribution in [0.3, 0.4) is 0 Å². The van der Waals surface area contributed by atoms with Gasteiger partial charge in [-0.1, -0.05) is 116 Å². The molecule has 0 aliphatic heterocycles. The van der Waals surface area contributed by atoms with Crippen molar-refractivity contribution >= 4 is 33.3 Å². The quantitative estimate of drug-likeness (QED) is 0.308. The first-order valence-corrected chi connectivity index (χ1v) is 12.4. The number of rotatable bonds is 3. The minimum absolute atomic E-state index is 0.0243. The van der Waals surface area contributed by atoms with Crippen molar-refractivity contribution < 1.29 is 14.7 Å². The van der Waals surface area contributed by atoms with Gasteiger partial charge >= 0.3 is 5.97 Å². The van der Waals surface area contributed by atoms with Crippen LogP contribution in [0, 0.1) is 11.8 Å². The molecule has 0 unspecified atom stereocenters. The number of carboxylic acid groups (broad SMARTS) is 1. The van der Waals surface area contributed by atoms with Crippen LogP contribution in [0.5, 0.6) is 0 Å². The van der Waals surface area contributed by atoms with Gasteiger partial charge in [0.2, 0.25) is 0 Å². The molecule has 1 saturated carbocycles. The summed E-state index contributed by atoms with van der Waals surface area (Å²) >= 11 is 0. The highest BCUT2D eigenvalue weighted by Crippen LogP contribution is 2.70. The van der Waals surface area contributed by atoms with Gasteiger partial charge in [0.15, 0.2) is 5.78 Å². The first-order valence-electron chi connectivity index (χ1n) is 12.4. The molecule has 0 spiro atoms. The summed E-state index contributed by atoms with van der Waals surface area (Å²) in [6.45, 7) is 1.96. The topological polar surface area (TPSA) is 54.4 Å². The minimum Gasteiger partial charge on any atom is -0.481 e. The summed E-state index contributed by atoms with van der Waals surface area (Å²) in [5.74, 6) is -2.30. The van der Waals surface area contributed by atoms with Gasteiger partial charge in [-0.2, -0.15) is 0 Å². The summed E-state index contributed by atoms with van der Waals surface area (Å²) in [6, 6.07) is 35.8. The van der Waals surface area contributed by atoms with Crippen LogP contribution in [-0.4, -0.2) is 16.9 Å². The number of benzene rings is 5. The van der Waals surface area contributed by atoms with E-state index in [1.165, 1.54) is 0 Å². The zero-order chi connectivity index (χ0) is 24.7. The molecule has 36 heavy (non-hydrogen) atoms. The van der Waals surface area contributed by atoms with Crippen LogP contribution in [0.1, 0.15) is 29.2 Å². The molecule has 5 aromatic rings. The van der Waals surface area contributed by atoms with Crippen molar-refractivity contribution in [3.05, 3.63) is 131 Å². The summed E-state index contributed by atoms with van der Waals surface area (Å²) in [6.07, 6.45) is 0. The Morgan fingerprint density at radius 3 is 1.47 bits per heavy atom. The van der Waals surface area contributed by atoms with E-state index < -0.39 is 28.6 Å². The monoisotopic (exact) mass is 468 g/mol. The largest absolute Gasteiger partial charge is 0.481 e. The van der Waals surface area contributed by atoms with Gasteiger partial charge in [-0.3, -0.25) is 9.59 Å². The molecule has 0 aromatic heterocycles. The molecule has 2 bridgehead atoms. The number of ketones is 1. The molecule has 1 N–H and O–H groups in total. The van der Waals surface area contributed by atoms with E-state index in [0.29, 0.717) is 0 Å². The Morgan fingerprint density at radius 2 is 1.00 bits per heavy atom. The molecular formula is C33H24O3. The van der Waals surface area contributed by atoms with Crippen molar-refractivity contribution in [2.24, 2.45) is 11.8 Å².